The van der Waals surface area contributed by atoms with E-state index in [1.165, 1.54) is 0 Å². The Balaban J connectivity index is 2.89. The number of nitrogens with zero attached hydrogens (tertiary/aromatic N) is 1. The summed E-state index contributed by atoms with van der Waals surface area (Å²) in [5.41, 5.74) is 1.06. The topological polar surface area (TPSA) is 23.8 Å². The van der Waals surface area contributed by atoms with E-state index >= 15 is 0 Å². The first-order valence-electron chi connectivity index (χ1n) is 3.91. The van der Waals surface area contributed by atoms with Crippen LogP contribution < -0.4 is 0 Å². The molecule has 1 nitrogen and oxygen atoms in total. The van der Waals surface area contributed by atoms with Gasteiger partial charge < -0.3 is 0 Å². The van der Waals surface area contributed by atoms with Crippen LogP contribution >= 0.6 is 0 Å². The summed E-state index contributed by atoms with van der Waals surface area (Å²) in [4.78, 5) is 0. The highest BCUT2D eigenvalue weighted by Gasteiger charge is 2.15. The van der Waals surface area contributed by atoms with Crippen molar-refractivity contribution in [3.05, 3.63) is 23.8 Å². The summed E-state index contributed by atoms with van der Waals surface area (Å²) in [6, 6.07) is 2.21. The molecule has 0 aromatic carbocycles. The predicted octanol–water partition coefficient (Wildman–Crippen LogP) is 2.81. The van der Waals surface area contributed by atoms with E-state index < -0.39 is 0 Å². The third-order valence-electron chi connectivity index (χ3n) is 1.86. The second-order valence-corrected chi connectivity index (χ2v) is 3.65. The summed E-state index contributed by atoms with van der Waals surface area (Å²) < 4.78 is 0. The van der Waals surface area contributed by atoms with Crippen LogP contribution in [0.4, 0.5) is 0 Å². The predicted molar refractivity (Wildman–Crippen MR) is 45.9 cm³/mol. The van der Waals surface area contributed by atoms with Crippen LogP contribution in [0.15, 0.2) is 23.8 Å². The van der Waals surface area contributed by atoms with Gasteiger partial charge >= 0.3 is 0 Å². The van der Waals surface area contributed by atoms with Crippen molar-refractivity contribution in [1.82, 2.24) is 0 Å². The van der Waals surface area contributed by atoms with Gasteiger partial charge in [0.15, 0.2) is 0 Å². The molecule has 0 atom stereocenters. The van der Waals surface area contributed by atoms with Crippen LogP contribution in [0.3, 0.4) is 0 Å². The molecule has 0 bridgehead atoms. The first-order chi connectivity index (χ1) is 5.14. The van der Waals surface area contributed by atoms with Crippen molar-refractivity contribution in [3.63, 3.8) is 0 Å². The van der Waals surface area contributed by atoms with E-state index in [4.69, 9.17) is 5.26 Å². The van der Waals surface area contributed by atoms with E-state index in [1.807, 2.05) is 0 Å². The standard InChI is InChI=1S/C10H13N/c1-10(2)6-4-3-5-9(7-10)8-11/h3-4,7H,5-6H2,1-2H3. The molecule has 1 heteroatoms. The summed E-state index contributed by atoms with van der Waals surface area (Å²) in [6.07, 6.45) is 8.15. The monoisotopic (exact) mass is 147 g/mol. The number of nitriles is 1. The van der Waals surface area contributed by atoms with Gasteiger partial charge in [0.1, 0.15) is 0 Å². The summed E-state index contributed by atoms with van der Waals surface area (Å²) in [5.74, 6) is 0. The summed E-state index contributed by atoms with van der Waals surface area (Å²) in [7, 11) is 0. The molecule has 0 spiro atoms. The second kappa shape index (κ2) is 2.92. The van der Waals surface area contributed by atoms with Crippen molar-refractivity contribution in [2.24, 2.45) is 5.41 Å². The Hall–Kier alpha value is -1.03. The lowest BCUT2D eigenvalue weighted by molar-refractivity contribution is 0.489. The average molecular weight is 147 g/mol. The van der Waals surface area contributed by atoms with E-state index in [0.717, 1.165) is 18.4 Å². The van der Waals surface area contributed by atoms with Crippen LogP contribution in [0.2, 0.25) is 0 Å². The molecule has 0 unspecified atom stereocenters. The molecule has 1 aliphatic carbocycles. The molecule has 0 aromatic rings. The molecule has 58 valence electrons. The van der Waals surface area contributed by atoms with Gasteiger partial charge in [0, 0.05) is 12.0 Å². The molecule has 0 aliphatic heterocycles. The quantitative estimate of drug-likeness (QED) is 0.483. The van der Waals surface area contributed by atoms with Crippen LogP contribution in [0.25, 0.3) is 0 Å². The SMILES string of the molecule is CC1(C)C=C(C#N)CC=CC1. The van der Waals surface area contributed by atoms with Crippen molar-refractivity contribution >= 4 is 0 Å². The van der Waals surface area contributed by atoms with Gasteiger partial charge in [0.05, 0.1) is 6.07 Å². The fourth-order valence-corrected chi connectivity index (χ4v) is 1.26. The molecule has 0 aromatic heterocycles. The van der Waals surface area contributed by atoms with Gasteiger partial charge in [-0.1, -0.05) is 32.1 Å². The van der Waals surface area contributed by atoms with Crippen molar-refractivity contribution < 1.29 is 0 Å². The Morgan fingerprint density at radius 2 is 2.18 bits per heavy atom. The van der Waals surface area contributed by atoms with Crippen LogP contribution in [0, 0.1) is 16.7 Å². The van der Waals surface area contributed by atoms with Crippen LogP contribution in [0.5, 0.6) is 0 Å². The lowest BCUT2D eigenvalue weighted by Crippen LogP contribution is -2.05. The van der Waals surface area contributed by atoms with Crippen LogP contribution in [-0.4, -0.2) is 0 Å². The van der Waals surface area contributed by atoms with E-state index in [9.17, 15) is 0 Å². The smallest absolute Gasteiger partial charge is 0.0947 e. The minimum atomic E-state index is 0.165. The Labute approximate surface area is 68.0 Å². The Bertz CT molecular complexity index is 238. The molecule has 0 saturated heterocycles. The average Bonchev–Trinajstić information content (AvgIpc) is 2.10. The highest BCUT2D eigenvalue weighted by molar-refractivity contribution is 5.27. The van der Waals surface area contributed by atoms with Gasteiger partial charge in [-0.15, -0.1) is 0 Å². The van der Waals surface area contributed by atoms with Crippen LogP contribution in [0.1, 0.15) is 26.7 Å². The summed E-state index contributed by atoms with van der Waals surface area (Å²) in [6.45, 7) is 4.31. The molecule has 0 N–H and O–H groups in total. The van der Waals surface area contributed by atoms with Crippen molar-refractivity contribution in [1.29, 1.82) is 5.26 Å². The number of hydrogen-bond acceptors (Lipinski definition) is 1. The van der Waals surface area contributed by atoms with E-state index in [0.29, 0.717) is 0 Å². The molecule has 0 amide bonds. The largest absolute Gasteiger partial charge is 0.193 e. The first-order valence-corrected chi connectivity index (χ1v) is 3.91. The van der Waals surface area contributed by atoms with Gasteiger partial charge in [0.25, 0.3) is 0 Å². The van der Waals surface area contributed by atoms with Gasteiger partial charge in [0.2, 0.25) is 0 Å². The first kappa shape index (κ1) is 8.07. The zero-order valence-corrected chi connectivity index (χ0v) is 7.09. The Morgan fingerprint density at radius 3 is 2.82 bits per heavy atom. The molecule has 1 rings (SSSR count). The zero-order valence-electron chi connectivity index (χ0n) is 7.09. The highest BCUT2D eigenvalue weighted by atomic mass is 14.3. The van der Waals surface area contributed by atoms with E-state index in [1.54, 1.807) is 0 Å². The van der Waals surface area contributed by atoms with Gasteiger partial charge in [-0.25, -0.2) is 0 Å². The molecule has 0 fully saturated rings. The van der Waals surface area contributed by atoms with Gasteiger partial charge in [-0.2, -0.15) is 5.26 Å². The van der Waals surface area contributed by atoms with Crippen molar-refractivity contribution in [2.45, 2.75) is 26.7 Å². The summed E-state index contributed by atoms with van der Waals surface area (Å²) >= 11 is 0. The lowest BCUT2D eigenvalue weighted by Gasteiger charge is -2.16. The molecular weight excluding hydrogens is 134 g/mol. The molecule has 0 radical (unpaired) electrons. The number of rotatable bonds is 0. The zero-order chi connectivity index (χ0) is 8.32. The Kier molecular flexibility index (Phi) is 2.14. The highest BCUT2D eigenvalue weighted by Crippen LogP contribution is 2.27. The lowest BCUT2D eigenvalue weighted by atomic mass is 9.88. The molecule has 0 saturated carbocycles. The second-order valence-electron chi connectivity index (χ2n) is 3.65. The molecule has 1 aliphatic rings. The number of allylic oxidation sites excluding steroid dienone is 4. The Morgan fingerprint density at radius 1 is 1.45 bits per heavy atom. The maximum absolute atomic E-state index is 8.70. The fourth-order valence-electron chi connectivity index (χ4n) is 1.26. The van der Waals surface area contributed by atoms with Crippen LogP contribution in [-0.2, 0) is 0 Å². The van der Waals surface area contributed by atoms with Gasteiger partial charge in [-0.3, -0.25) is 0 Å². The maximum atomic E-state index is 8.70. The molecular formula is C10H13N. The minimum Gasteiger partial charge on any atom is -0.193 e. The summed E-state index contributed by atoms with van der Waals surface area (Å²) in [5, 5.41) is 8.70. The van der Waals surface area contributed by atoms with E-state index in [2.05, 4.69) is 38.1 Å². The number of hydrogen-bond donors (Lipinski definition) is 0. The third kappa shape index (κ3) is 2.23. The molecule has 11 heavy (non-hydrogen) atoms. The normalized spacial score (nSPS) is 21.7. The fraction of sp³-hybridized carbons (Fsp3) is 0.500. The molecule has 0 heterocycles. The third-order valence-corrected chi connectivity index (χ3v) is 1.86. The maximum Gasteiger partial charge on any atom is 0.0947 e. The van der Waals surface area contributed by atoms with Crippen molar-refractivity contribution in [3.8, 4) is 6.07 Å². The van der Waals surface area contributed by atoms with E-state index in [-0.39, 0.29) is 5.41 Å². The van der Waals surface area contributed by atoms with Crippen molar-refractivity contribution in [2.75, 3.05) is 0 Å². The minimum absolute atomic E-state index is 0.165. The van der Waals surface area contributed by atoms with Gasteiger partial charge in [-0.05, 0) is 11.8 Å².